The third-order valence-electron chi connectivity index (χ3n) is 2.77. The molecular formula is C14H14ClFN2. The molecule has 0 saturated heterocycles. The van der Waals surface area contributed by atoms with Gasteiger partial charge in [-0.15, -0.1) is 0 Å². The van der Waals surface area contributed by atoms with E-state index in [1.165, 1.54) is 6.07 Å². The highest BCUT2D eigenvalue weighted by atomic mass is 35.5. The second-order valence-corrected chi connectivity index (χ2v) is 4.58. The van der Waals surface area contributed by atoms with E-state index in [9.17, 15) is 4.39 Å². The van der Waals surface area contributed by atoms with Crippen LogP contribution in [0.1, 0.15) is 24.1 Å². The van der Waals surface area contributed by atoms with Crippen molar-refractivity contribution in [3.63, 3.8) is 0 Å². The summed E-state index contributed by atoms with van der Waals surface area (Å²) in [5, 5.41) is 3.69. The van der Waals surface area contributed by atoms with E-state index >= 15 is 0 Å². The summed E-state index contributed by atoms with van der Waals surface area (Å²) in [6.07, 6.45) is 1.65. The fourth-order valence-corrected chi connectivity index (χ4v) is 1.89. The highest BCUT2D eigenvalue weighted by Crippen LogP contribution is 2.23. The summed E-state index contributed by atoms with van der Waals surface area (Å²) in [5.74, 6) is -0.212. The van der Waals surface area contributed by atoms with Crippen molar-refractivity contribution < 1.29 is 4.39 Å². The Bertz CT molecular complexity index is 557. The fraction of sp³-hybridized carbons (Fsp3) is 0.214. The highest BCUT2D eigenvalue weighted by molar-refractivity contribution is 6.30. The molecule has 1 atom stereocenters. The van der Waals surface area contributed by atoms with E-state index in [2.05, 4.69) is 10.3 Å². The Morgan fingerprint density at radius 1 is 1.33 bits per heavy atom. The van der Waals surface area contributed by atoms with Crippen molar-refractivity contribution in [3.05, 3.63) is 58.6 Å². The standard InChI is InChI=1S/C14H14ClFN2/c1-9-7-11(8-17-14(9)15)18-10(2)12-5-3-4-6-13(12)16/h3-8,10,18H,1-2H3. The van der Waals surface area contributed by atoms with Gasteiger partial charge >= 0.3 is 0 Å². The quantitative estimate of drug-likeness (QED) is 0.834. The van der Waals surface area contributed by atoms with Gasteiger partial charge in [-0.1, -0.05) is 29.8 Å². The molecule has 2 nitrogen and oxygen atoms in total. The van der Waals surface area contributed by atoms with Crippen molar-refractivity contribution in [2.24, 2.45) is 0 Å². The summed E-state index contributed by atoms with van der Waals surface area (Å²) in [6.45, 7) is 3.79. The average molecular weight is 265 g/mol. The van der Waals surface area contributed by atoms with Crippen LogP contribution in [0.3, 0.4) is 0 Å². The molecule has 0 radical (unpaired) electrons. The van der Waals surface area contributed by atoms with Crippen molar-refractivity contribution in [2.45, 2.75) is 19.9 Å². The molecule has 0 saturated carbocycles. The number of pyridine rings is 1. The number of hydrogen-bond donors (Lipinski definition) is 1. The summed E-state index contributed by atoms with van der Waals surface area (Å²) in [4.78, 5) is 4.06. The SMILES string of the molecule is Cc1cc(NC(C)c2ccccc2F)cnc1Cl. The monoisotopic (exact) mass is 264 g/mol. The Hall–Kier alpha value is -1.61. The van der Waals surface area contributed by atoms with Gasteiger partial charge in [0.25, 0.3) is 0 Å². The normalized spacial score (nSPS) is 12.2. The van der Waals surface area contributed by atoms with Crippen LogP contribution in [0.2, 0.25) is 5.15 Å². The van der Waals surface area contributed by atoms with Gasteiger partial charge < -0.3 is 5.32 Å². The number of aromatic nitrogens is 1. The van der Waals surface area contributed by atoms with Crippen molar-refractivity contribution in [1.82, 2.24) is 4.98 Å². The molecule has 0 aliphatic heterocycles. The van der Waals surface area contributed by atoms with Crippen LogP contribution in [0, 0.1) is 12.7 Å². The predicted octanol–water partition coefficient (Wildman–Crippen LogP) is 4.36. The maximum atomic E-state index is 13.6. The third kappa shape index (κ3) is 2.79. The minimum Gasteiger partial charge on any atom is -0.377 e. The minimum atomic E-state index is -0.212. The Kier molecular flexibility index (Phi) is 3.82. The van der Waals surface area contributed by atoms with Gasteiger partial charge in [0, 0.05) is 5.56 Å². The van der Waals surface area contributed by atoms with Crippen LogP contribution in [0.4, 0.5) is 10.1 Å². The Morgan fingerprint density at radius 2 is 2.06 bits per heavy atom. The first-order valence-corrected chi connectivity index (χ1v) is 6.09. The second kappa shape index (κ2) is 5.36. The lowest BCUT2D eigenvalue weighted by atomic mass is 10.1. The van der Waals surface area contributed by atoms with Crippen LogP contribution in [0.25, 0.3) is 0 Å². The van der Waals surface area contributed by atoms with E-state index < -0.39 is 0 Å². The van der Waals surface area contributed by atoms with Crippen LogP contribution in [0.15, 0.2) is 36.5 Å². The van der Waals surface area contributed by atoms with E-state index in [1.807, 2.05) is 26.0 Å². The van der Waals surface area contributed by atoms with Gasteiger partial charge in [0.2, 0.25) is 0 Å². The minimum absolute atomic E-state index is 0.131. The van der Waals surface area contributed by atoms with E-state index in [1.54, 1.807) is 18.3 Å². The van der Waals surface area contributed by atoms with E-state index in [0.29, 0.717) is 10.7 Å². The van der Waals surface area contributed by atoms with Gasteiger partial charge in [0.05, 0.1) is 17.9 Å². The Balaban J connectivity index is 2.19. The summed E-state index contributed by atoms with van der Waals surface area (Å²) >= 11 is 5.86. The third-order valence-corrected chi connectivity index (χ3v) is 3.16. The number of benzene rings is 1. The molecule has 1 unspecified atom stereocenters. The lowest BCUT2D eigenvalue weighted by molar-refractivity contribution is 0.600. The molecule has 1 aromatic carbocycles. The lowest BCUT2D eigenvalue weighted by Crippen LogP contribution is -2.08. The largest absolute Gasteiger partial charge is 0.377 e. The van der Waals surface area contributed by atoms with Gasteiger partial charge in [0.15, 0.2) is 0 Å². The van der Waals surface area contributed by atoms with E-state index in [-0.39, 0.29) is 11.9 Å². The van der Waals surface area contributed by atoms with E-state index in [4.69, 9.17) is 11.6 Å². The first-order valence-electron chi connectivity index (χ1n) is 5.71. The highest BCUT2D eigenvalue weighted by Gasteiger charge is 2.10. The molecule has 1 aromatic heterocycles. The van der Waals surface area contributed by atoms with Crippen molar-refractivity contribution >= 4 is 17.3 Å². The number of nitrogens with zero attached hydrogens (tertiary/aromatic N) is 1. The van der Waals surface area contributed by atoms with Gasteiger partial charge in [-0.3, -0.25) is 0 Å². The molecule has 0 aliphatic carbocycles. The second-order valence-electron chi connectivity index (χ2n) is 4.22. The molecular weight excluding hydrogens is 251 g/mol. The van der Waals surface area contributed by atoms with E-state index in [0.717, 1.165) is 11.3 Å². The maximum Gasteiger partial charge on any atom is 0.132 e. The Morgan fingerprint density at radius 3 is 2.72 bits per heavy atom. The van der Waals surface area contributed by atoms with Crippen molar-refractivity contribution in [3.8, 4) is 0 Å². The molecule has 0 aliphatic rings. The zero-order valence-electron chi connectivity index (χ0n) is 10.2. The molecule has 1 heterocycles. The number of rotatable bonds is 3. The first kappa shape index (κ1) is 12.8. The Labute approximate surface area is 111 Å². The molecule has 0 fully saturated rings. The van der Waals surface area contributed by atoms with Crippen molar-refractivity contribution in [1.29, 1.82) is 0 Å². The predicted molar refractivity (Wildman–Crippen MR) is 72.4 cm³/mol. The number of anilines is 1. The van der Waals surface area contributed by atoms with Gasteiger partial charge in [-0.2, -0.15) is 0 Å². The molecule has 94 valence electrons. The van der Waals surface area contributed by atoms with Gasteiger partial charge in [0.1, 0.15) is 11.0 Å². The van der Waals surface area contributed by atoms with Crippen LogP contribution in [-0.2, 0) is 0 Å². The zero-order chi connectivity index (χ0) is 13.1. The molecule has 0 amide bonds. The number of aryl methyl sites for hydroxylation is 1. The fourth-order valence-electron chi connectivity index (χ4n) is 1.79. The topological polar surface area (TPSA) is 24.9 Å². The summed E-state index contributed by atoms with van der Waals surface area (Å²) in [5.41, 5.74) is 2.35. The number of halogens is 2. The zero-order valence-corrected chi connectivity index (χ0v) is 11.0. The molecule has 2 rings (SSSR count). The average Bonchev–Trinajstić information content (AvgIpc) is 2.34. The molecule has 0 spiro atoms. The maximum absolute atomic E-state index is 13.6. The summed E-state index contributed by atoms with van der Waals surface area (Å²) in [7, 11) is 0. The lowest BCUT2D eigenvalue weighted by Gasteiger charge is -2.16. The van der Waals surface area contributed by atoms with Crippen LogP contribution >= 0.6 is 11.6 Å². The van der Waals surface area contributed by atoms with Crippen LogP contribution < -0.4 is 5.32 Å². The van der Waals surface area contributed by atoms with Crippen LogP contribution in [-0.4, -0.2) is 4.98 Å². The van der Waals surface area contributed by atoms with Crippen LogP contribution in [0.5, 0.6) is 0 Å². The van der Waals surface area contributed by atoms with Crippen molar-refractivity contribution in [2.75, 3.05) is 5.32 Å². The molecule has 1 N–H and O–H groups in total. The molecule has 0 bridgehead atoms. The number of nitrogens with one attached hydrogen (secondary N) is 1. The smallest absolute Gasteiger partial charge is 0.132 e. The summed E-state index contributed by atoms with van der Waals surface area (Å²) < 4.78 is 13.6. The molecule has 18 heavy (non-hydrogen) atoms. The van der Waals surface area contributed by atoms with Gasteiger partial charge in [-0.05, 0) is 31.5 Å². The summed E-state index contributed by atoms with van der Waals surface area (Å²) in [6, 6.07) is 8.49. The van der Waals surface area contributed by atoms with Gasteiger partial charge in [-0.25, -0.2) is 9.37 Å². The number of hydrogen-bond acceptors (Lipinski definition) is 2. The first-order chi connectivity index (χ1) is 8.58. The molecule has 4 heteroatoms. The molecule has 2 aromatic rings.